The summed E-state index contributed by atoms with van der Waals surface area (Å²) in [5.41, 5.74) is 3.17. The van der Waals surface area contributed by atoms with E-state index in [0.717, 1.165) is 26.3 Å². The molecule has 0 aliphatic carbocycles. The van der Waals surface area contributed by atoms with Crippen LogP contribution in [0.5, 0.6) is 0 Å². The highest BCUT2D eigenvalue weighted by molar-refractivity contribution is 5.29. The van der Waals surface area contributed by atoms with Crippen LogP contribution >= 0.6 is 0 Å². The van der Waals surface area contributed by atoms with Gasteiger partial charge in [-0.25, -0.2) is 0 Å². The number of aryl methyl sites for hydroxylation is 1. The van der Waals surface area contributed by atoms with E-state index in [0.29, 0.717) is 5.41 Å². The van der Waals surface area contributed by atoms with Gasteiger partial charge in [0.15, 0.2) is 0 Å². The number of morpholine rings is 1. The predicted molar refractivity (Wildman–Crippen MR) is 121 cm³/mol. The normalized spacial score (nSPS) is 16.6. The molecule has 0 saturated carbocycles. The van der Waals surface area contributed by atoms with Crippen LogP contribution in [0, 0.1) is 17.8 Å². The van der Waals surface area contributed by atoms with E-state index < -0.39 is 0 Å². The average Bonchev–Trinajstić information content (AvgIpc) is 2.68. The van der Waals surface area contributed by atoms with Crippen molar-refractivity contribution in [2.24, 2.45) is 5.41 Å². The van der Waals surface area contributed by atoms with Crippen molar-refractivity contribution in [3.05, 3.63) is 35.4 Å². The van der Waals surface area contributed by atoms with E-state index >= 15 is 0 Å². The van der Waals surface area contributed by atoms with Crippen molar-refractivity contribution in [2.75, 3.05) is 26.3 Å². The molecule has 0 N–H and O–H groups in total. The third-order valence-electron chi connectivity index (χ3n) is 5.76. The first-order chi connectivity index (χ1) is 13.5. The van der Waals surface area contributed by atoms with Gasteiger partial charge in [-0.3, -0.25) is 4.90 Å². The predicted octanol–water partition coefficient (Wildman–Crippen LogP) is 6.40. The van der Waals surface area contributed by atoms with Crippen molar-refractivity contribution >= 4 is 0 Å². The van der Waals surface area contributed by atoms with Crippen molar-refractivity contribution < 1.29 is 4.74 Å². The van der Waals surface area contributed by atoms with Crippen LogP contribution in [-0.4, -0.2) is 31.2 Å². The molecule has 2 nitrogen and oxygen atoms in total. The molecule has 1 aliphatic rings. The molecule has 1 aromatic rings. The van der Waals surface area contributed by atoms with Crippen molar-refractivity contribution in [3.63, 3.8) is 0 Å². The highest BCUT2D eigenvalue weighted by Crippen LogP contribution is 2.23. The van der Waals surface area contributed by atoms with Crippen LogP contribution < -0.4 is 0 Å². The van der Waals surface area contributed by atoms with Crippen LogP contribution in [0.25, 0.3) is 0 Å². The number of rotatable bonds is 11. The fraction of sp³-hybridized carbons (Fsp3) is 0.692. The molecule has 0 amide bonds. The highest BCUT2D eigenvalue weighted by atomic mass is 16.5. The van der Waals surface area contributed by atoms with Gasteiger partial charge in [0.25, 0.3) is 0 Å². The third kappa shape index (κ3) is 8.80. The lowest BCUT2D eigenvalue weighted by Gasteiger charge is -2.31. The number of hydrogen-bond donors (Lipinski definition) is 0. The lowest BCUT2D eigenvalue weighted by Crippen LogP contribution is -2.38. The Balaban J connectivity index is 1.60. The zero-order valence-electron chi connectivity index (χ0n) is 18.5. The van der Waals surface area contributed by atoms with Crippen molar-refractivity contribution in [1.82, 2.24) is 4.90 Å². The summed E-state index contributed by atoms with van der Waals surface area (Å²) in [7, 11) is 0. The Labute approximate surface area is 174 Å². The van der Waals surface area contributed by atoms with E-state index in [1.54, 1.807) is 0 Å². The summed E-state index contributed by atoms with van der Waals surface area (Å²) in [4.78, 5) is 2.35. The first kappa shape index (κ1) is 23.0. The van der Waals surface area contributed by atoms with E-state index in [1.807, 2.05) is 0 Å². The largest absolute Gasteiger partial charge is 0.379 e. The molecule has 1 saturated heterocycles. The van der Waals surface area contributed by atoms with Gasteiger partial charge in [-0.15, -0.1) is 6.42 Å². The molecule has 28 heavy (non-hydrogen) atoms. The minimum absolute atomic E-state index is 0.0798. The lowest BCUT2D eigenvalue weighted by molar-refractivity contribution is 0.0270. The van der Waals surface area contributed by atoms with Crippen LogP contribution in [-0.2, 0) is 11.2 Å². The van der Waals surface area contributed by atoms with E-state index in [4.69, 9.17) is 11.2 Å². The Bertz CT molecular complexity index is 572. The van der Waals surface area contributed by atoms with Crippen LogP contribution in [0.15, 0.2) is 24.3 Å². The number of terminal acetylenes is 1. The smallest absolute Gasteiger partial charge is 0.0969 e. The molecule has 0 aromatic heterocycles. The summed E-state index contributed by atoms with van der Waals surface area (Å²) >= 11 is 0. The van der Waals surface area contributed by atoms with Crippen molar-refractivity contribution in [2.45, 2.75) is 84.6 Å². The Morgan fingerprint density at radius 1 is 0.929 bits per heavy atom. The molecule has 1 fully saturated rings. The van der Waals surface area contributed by atoms with Gasteiger partial charge in [0.05, 0.1) is 19.3 Å². The molecule has 1 aliphatic heterocycles. The van der Waals surface area contributed by atoms with Gasteiger partial charge in [-0.05, 0) is 35.8 Å². The molecule has 2 rings (SSSR count). The Morgan fingerprint density at radius 3 is 2.07 bits per heavy atom. The highest BCUT2D eigenvalue weighted by Gasteiger charge is 2.20. The number of hydrogen-bond acceptors (Lipinski definition) is 2. The SMILES string of the molecule is C#CC(c1ccc(CCCCCCCCCC(C)(C)C)cc1)N1CCOCC1. The van der Waals surface area contributed by atoms with Crippen LogP contribution in [0.2, 0.25) is 0 Å². The second-order valence-electron chi connectivity index (χ2n) is 9.49. The van der Waals surface area contributed by atoms with Gasteiger partial charge in [-0.2, -0.15) is 0 Å². The number of ether oxygens (including phenoxy) is 1. The van der Waals surface area contributed by atoms with Crippen molar-refractivity contribution in [1.29, 1.82) is 0 Å². The van der Waals surface area contributed by atoms with E-state index in [9.17, 15) is 0 Å². The molecule has 0 bridgehead atoms. The Kier molecular flexibility index (Phi) is 10.1. The second kappa shape index (κ2) is 12.3. The monoisotopic (exact) mass is 383 g/mol. The number of nitrogens with zero attached hydrogens (tertiary/aromatic N) is 1. The maximum Gasteiger partial charge on any atom is 0.0969 e. The van der Waals surface area contributed by atoms with Crippen LogP contribution in [0.1, 0.15) is 89.3 Å². The maximum atomic E-state index is 5.82. The summed E-state index contributed by atoms with van der Waals surface area (Å²) in [6, 6.07) is 9.07. The zero-order valence-corrected chi connectivity index (χ0v) is 18.5. The average molecular weight is 384 g/mol. The third-order valence-corrected chi connectivity index (χ3v) is 5.76. The van der Waals surface area contributed by atoms with Crippen LogP contribution in [0.3, 0.4) is 0 Å². The molecule has 1 unspecified atom stereocenters. The van der Waals surface area contributed by atoms with Gasteiger partial charge in [0, 0.05) is 13.1 Å². The summed E-state index contributed by atoms with van der Waals surface area (Å²) in [6.45, 7) is 10.4. The standard InChI is InChI=1S/C26H41NO/c1-5-25(27-19-21-28-22-20-27)24-16-14-23(15-17-24)13-11-9-7-6-8-10-12-18-26(2,3)4/h1,14-17,25H,6-13,18-22H2,2-4H3. The summed E-state index contributed by atoms with van der Waals surface area (Å²) in [5, 5.41) is 0. The molecule has 0 radical (unpaired) electrons. The van der Waals surface area contributed by atoms with E-state index in [-0.39, 0.29) is 6.04 Å². The summed E-state index contributed by atoms with van der Waals surface area (Å²) in [6.07, 6.45) is 18.0. The number of unbranched alkanes of at least 4 members (excludes halogenated alkanes) is 6. The fourth-order valence-electron chi connectivity index (χ4n) is 3.98. The van der Waals surface area contributed by atoms with Gasteiger partial charge in [0.1, 0.15) is 0 Å². The minimum Gasteiger partial charge on any atom is -0.379 e. The molecule has 1 aromatic carbocycles. The first-order valence-electron chi connectivity index (χ1n) is 11.4. The van der Waals surface area contributed by atoms with Gasteiger partial charge >= 0.3 is 0 Å². The molecular formula is C26H41NO. The lowest BCUT2D eigenvalue weighted by atomic mass is 9.89. The molecular weight excluding hydrogens is 342 g/mol. The second-order valence-corrected chi connectivity index (χ2v) is 9.49. The van der Waals surface area contributed by atoms with Crippen LogP contribution in [0.4, 0.5) is 0 Å². The first-order valence-corrected chi connectivity index (χ1v) is 11.4. The molecule has 1 atom stereocenters. The quantitative estimate of drug-likeness (QED) is 0.324. The topological polar surface area (TPSA) is 12.5 Å². The Morgan fingerprint density at radius 2 is 1.50 bits per heavy atom. The van der Waals surface area contributed by atoms with E-state index in [1.165, 1.54) is 68.9 Å². The number of benzene rings is 1. The van der Waals surface area contributed by atoms with Gasteiger partial charge in [-0.1, -0.05) is 89.5 Å². The van der Waals surface area contributed by atoms with Crippen molar-refractivity contribution in [3.8, 4) is 12.3 Å². The van der Waals surface area contributed by atoms with Gasteiger partial charge in [0.2, 0.25) is 0 Å². The molecule has 2 heteroatoms. The zero-order chi connectivity index (χ0) is 20.2. The fourth-order valence-corrected chi connectivity index (χ4v) is 3.98. The van der Waals surface area contributed by atoms with E-state index in [2.05, 4.69) is 55.9 Å². The minimum atomic E-state index is 0.0798. The summed E-state index contributed by atoms with van der Waals surface area (Å²) in [5.74, 6) is 2.97. The Hall–Kier alpha value is -1.30. The summed E-state index contributed by atoms with van der Waals surface area (Å²) < 4.78 is 5.44. The maximum absolute atomic E-state index is 5.82. The van der Waals surface area contributed by atoms with Gasteiger partial charge < -0.3 is 4.74 Å². The molecule has 0 spiro atoms. The molecule has 156 valence electrons. The molecule has 1 heterocycles.